The molecule has 1 fully saturated rings. The molecule has 0 spiro atoms. The Morgan fingerprint density at radius 3 is 2.50 bits per heavy atom. The minimum absolute atomic E-state index is 0.809. The highest BCUT2D eigenvalue weighted by Gasteiger charge is 2.19. The molecule has 10 heavy (non-hydrogen) atoms. The summed E-state index contributed by atoms with van der Waals surface area (Å²) < 4.78 is 0.864. The fraction of sp³-hybridized carbons (Fsp3) is 0.600. The standard InChI is InChI=1S/C5H8N2S3/c1-6-3-10-5(9)7(2)4(6)8/h3H2,1-2H3. The van der Waals surface area contributed by atoms with E-state index in [-0.39, 0.29) is 0 Å². The second-order valence-corrected chi connectivity index (χ2v) is 4.02. The monoisotopic (exact) mass is 192 g/mol. The van der Waals surface area contributed by atoms with Crippen molar-refractivity contribution in [3.8, 4) is 0 Å². The van der Waals surface area contributed by atoms with Crippen molar-refractivity contribution < 1.29 is 0 Å². The molecule has 1 aliphatic rings. The van der Waals surface area contributed by atoms with Gasteiger partial charge in [0.2, 0.25) is 0 Å². The maximum atomic E-state index is 5.08. The van der Waals surface area contributed by atoms with Crippen LogP contribution < -0.4 is 0 Å². The third-order valence-corrected chi connectivity index (χ3v) is 3.52. The Hall–Kier alpha value is 0.130. The highest BCUT2D eigenvalue weighted by atomic mass is 32.2. The highest BCUT2D eigenvalue weighted by molar-refractivity contribution is 8.23. The van der Waals surface area contributed by atoms with Gasteiger partial charge in [-0.1, -0.05) is 24.0 Å². The summed E-state index contributed by atoms with van der Waals surface area (Å²) in [5.41, 5.74) is 0. The Balaban J connectivity index is 2.70. The first-order chi connectivity index (χ1) is 4.63. The van der Waals surface area contributed by atoms with Crippen LogP contribution in [0.2, 0.25) is 0 Å². The van der Waals surface area contributed by atoms with Gasteiger partial charge in [0.15, 0.2) is 5.11 Å². The first-order valence-electron chi connectivity index (χ1n) is 2.78. The zero-order valence-corrected chi connectivity index (χ0v) is 8.28. The molecule has 1 rings (SSSR count). The summed E-state index contributed by atoms with van der Waals surface area (Å²) in [6.07, 6.45) is 0. The van der Waals surface area contributed by atoms with Crippen molar-refractivity contribution >= 4 is 45.6 Å². The summed E-state index contributed by atoms with van der Waals surface area (Å²) >= 11 is 11.7. The van der Waals surface area contributed by atoms with Gasteiger partial charge in [-0.3, -0.25) is 0 Å². The van der Waals surface area contributed by atoms with Gasteiger partial charge >= 0.3 is 0 Å². The molecule has 0 saturated carbocycles. The maximum absolute atomic E-state index is 5.08. The fourth-order valence-electron chi connectivity index (χ4n) is 0.638. The van der Waals surface area contributed by atoms with Gasteiger partial charge in [-0.25, -0.2) is 0 Å². The van der Waals surface area contributed by atoms with E-state index in [1.165, 1.54) is 0 Å². The van der Waals surface area contributed by atoms with E-state index in [1.54, 1.807) is 11.8 Å². The smallest absolute Gasteiger partial charge is 0.177 e. The Morgan fingerprint density at radius 1 is 1.40 bits per heavy atom. The van der Waals surface area contributed by atoms with E-state index in [0.29, 0.717) is 0 Å². The van der Waals surface area contributed by atoms with E-state index in [4.69, 9.17) is 24.4 Å². The summed E-state index contributed by atoms with van der Waals surface area (Å²) in [6, 6.07) is 0. The Kier molecular flexibility index (Phi) is 2.49. The first kappa shape index (κ1) is 8.23. The summed E-state index contributed by atoms with van der Waals surface area (Å²) in [5, 5.41) is 0.809. The number of nitrogens with zero attached hydrogens (tertiary/aromatic N) is 2. The van der Waals surface area contributed by atoms with Crippen LogP contribution in [-0.2, 0) is 0 Å². The summed E-state index contributed by atoms with van der Waals surface area (Å²) in [4.78, 5) is 3.84. The second kappa shape index (κ2) is 3.02. The predicted molar refractivity (Wildman–Crippen MR) is 53.2 cm³/mol. The van der Waals surface area contributed by atoms with Crippen molar-refractivity contribution in [2.45, 2.75) is 0 Å². The fourth-order valence-corrected chi connectivity index (χ4v) is 1.94. The zero-order chi connectivity index (χ0) is 7.72. The van der Waals surface area contributed by atoms with Gasteiger partial charge in [0, 0.05) is 14.1 Å². The van der Waals surface area contributed by atoms with Crippen LogP contribution in [0.4, 0.5) is 0 Å². The van der Waals surface area contributed by atoms with Gasteiger partial charge in [0.05, 0.1) is 5.88 Å². The highest BCUT2D eigenvalue weighted by Crippen LogP contribution is 2.17. The van der Waals surface area contributed by atoms with Crippen LogP contribution in [0, 0.1) is 0 Å². The van der Waals surface area contributed by atoms with Crippen LogP contribution >= 0.6 is 36.2 Å². The number of thiocarbonyl (C=S) groups is 2. The quantitative estimate of drug-likeness (QED) is 0.529. The van der Waals surface area contributed by atoms with Crippen LogP contribution in [0.5, 0.6) is 0 Å². The molecule has 56 valence electrons. The summed E-state index contributed by atoms with van der Waals surface area (Å²) in [7, 11) is 3.86. The minimum Gasteiger partial charge on any atom is -0.342 e. The molecule has 0 aromatic rings. The average Bonchev–Trinajstić information content (AvgIpc) is 1.93. The molecule has 1 saturated heterocycles. The summed E-state index contributed by atoms with van der Waals surface area (Å²) in [6.45, 7) is 0. The average molecular weight is 192 g/mol. The van der Waals surface area contributed by atoms with E-state index >= 15 is 0 Å². The summed E-state index contributed by atoms with van der Waals surface area (Å²) in [5.74, 6) is 0.877. The molecule has 0 radical (unpaired) electrons. The minimum atomic E-state index is 0.809. The lowest BCUT2D eigenvalue weighted by Crippen LogP contribution is -2.44. The molecule has 5 heteroatoms. The van der Waals surface area contributed by atoms with Crippen LogP contribution in [0.15, 0.2) is 0 Å². The van der Waals surface area contributed by atoms with Crippen LogP contribution in [0.3, 0.4) is 0 Å². The third-order valence-electron chi connectivity index (χ3n) is 1.27. The lowest BCUT2D eigenvalue weighted by atomic mass is 10.7. The van der Waals surface area contributed by atoms with Crippen molar-refractivity contribution in [2.24, 2.45) is 0 Å². The maximum Gasteiger partial charge on any atom is 0.177 e. The van der Waals surface area contributed by atoms with Gasteiger partial charge in [0.1, 0.15) is 4.32 Å². The van der Waals surface area contributed by atoms with Crippen molar-refractivity contribution in [1.29, 1.82) is 0 Å². The molecule has 0 amide bonds. The van der Waals surface area contributed by atoms with Crippen molar-refractivity contribution in [2.75, 3.05) is 20.0 Å². The molecule has 0 aromatic heterocycles. The van der Waals surface area contributed by atoms with E-state index in [2.05, 4.69) is 0 Å². The lowest BCUT2D eigenvalue weighted by Gasteiger charge is -2.32. The van der Waals surface area contributed by atoms with E-state index in [1.807, 2.05) is 23.9 Å². The van der Waals surface area contributed by atoms with Crippen molar-refractivity contribution in [3.63, 3.8) is 0 Å². The second-order valence-electron chi connectivity index (χ2n) is 2.08. The van der Waals surface area contributed by atoms with Gasteiger partial charge in [-0.15, -0.1) is 0 Å². The Bertz CT molecular complexity index is 180. The normalized spacial score (nSPS) is 20.2. The number of hydrogen-bond donors (Lipinski definition) is 0. The van der Waals surface area contributed by atoms with Gasteiger partial charge in [-0.05, 0) is 12.2 Å². The first-order valence-corrected chi connectivity index (χ1v) is 4.58. The molecule has 0 unspecified atom stereocenters. The zero-order valence-electron chi connectivity index (χ0n) is 5.83. The molecule has 2 nitrogen and oxygen atoms in total. The number of hydrogen-bond acceptors (Lipinski definition) is 3. The molecular weight excluding hydrogens is 184 g/mol. The molecule has 0 atom stereocenters. The SMILES string of the molecule is CN1CSC(=S)N(C)C1=S. The molecule has 0 N–H and O–H groups in total. The van der Waals surface area contributed by atoms with Gasteiger partial charge in [-0.2, -0.15) is 0 Å². The van der Waals surface area contributed by atoms with E-state index < -0.39 is 0 Å². The number of thioether (sulfide) groups is 1. The largest absolute Gasteiger partial charge is 0.342 e. The number of rotatable bonds is 0. The molecular formula is C5H8N2S3. The van der Waals surface area contributed by atoms with Crippen LogP contribution in [0.1, 0.15) is 0 Å². The molecule has 0 aliphatic carbocycles. The molecule has 1 aliphatic heterocycles. The Labute approximate surface area is 75.6 Å². The van der Waals surface area contributed by atoms with E-state index in [0.717, 1.165) is 15.3 Å². The topological polar surface area (TPSA) is 6.48 Å². The molecule has 0 aromatic carbocycles. The van der Waals surface area contributed by atoms with Crippen molar-refractivity contribution in [1.82, 2.24) is 9.80 Å². The van der Waals surface area contributed by atoms with Gasteiger partial charge in [0.25, 0.3) is 0 Å². The Morgan fingerprint density at radius 2 is 2.00 bits per heavy atom. The van der Waals surface area contributed by atoms with E-state index in [9.17, 15) is 0 Å². The predicted octanol–water partition coefficient (Wildman–Crippen LogP) is 1.12. The van der Waals surface area contributed by atoms with Crippen molar-refractivity contribution in [3.05, 3.63) is 0 Å². The van der Waals surface area contributed by atoms with Crippen LogP contribution in [-0.4, -0.2) is 39.2 Å². The lowest BCUT2D eigenvalue weighted by molar-refractivity contribution is 0.532. The van der Waals surface area contributed by atoms with Crippen LogP contribution in [0.25, 0.3) is 0 Å². The molecule has 1 heterocycles. The molecule has 0 bridgehead atoms. The van der Waals surface area contributed by atoms with Gasteiger partial charge < -0.3 is 9.80 Å². The third kappa shape index (κ3) is 1.41.